The Morgan fingerprint density at radius 3 is 1.93 bits per heavy atom. The van der Waals surface area contributed by atoms with Gasteiger partial charge in [0.1, 0.15) is 11.6 Å². The molecule has 0 aromatic heterocycles. The average Bonchev–Trinajstić information content (AvgIpc) is 2.17. The second-order valence-corrected chi connectivity index (χ2v) is 4.10. The Balaban J connectivity index is 3.01. The molecule has 2 heteroatoms. The Morgan fingerprint density at radius 2 is 1.53 bits per heavy atom. The molecule has 0 radical (unpaired) electrons. The van der Waals surface area contributed by atoms with E-state index in [-0.39, 0.29) is 5.92 Å². The number of hydrogen-bond acceptors (Lipinski definition) is 0. The van der Waals surface area contributed by atoms with Crippen molar-refractivity contribution < 1.29 is 8.78 Å². The molecular weight excluding hydrogens is 194 g/mol. The van der Waals surface area contributed by atoms with E-state index in [0.717, 1.165) is 24.5 Å². The van der Waals surface area contributed by atoms with Gasteiger partial charge in [-0.15, -0.1) is 0 Å². The van der Waals surface area contributed by atoms with Crippen LogP contribution in [0.4, 0.5) is 8.78 Å². The molecule has 2 atom stereocenters. The highest BCUT2D eigenvalue weighted by Crippen LogP contribution is 2.30. The summed E-state index contributed by atoms with van der Waals surface area (Å²) in [5.74, 6) is -0.255. The van der Waals surface area contributed by atoms with Gasteiger partial charge in [-0.25, -0.2) is 8.78 Å². The van der Waals surface area contributed by atoms with Gasteiger partial charge in [0.2, 0.25) is 0 Å². The third-order valence-electron chi connectivity index (χ3n) is 3.08. The molecule has 0 saturated heterocycles. The average molecular weight is 212 g/mol. The molecule has 0 bridgehead atoms. The number of hydrogen-bond donors (Lipinski definition) is 0. The Morgan fingerprint density at radius 1 is 1.00 bits per heavy atom. The first-order valence-corrected chi connectivity index (χ1v) is 5.54. The number of rotatable bonds is 4. The first kappa shape index (κ1) is 12.2. The van der Waals surface area contributed by atoms with Crippen LogP contribution >= 0.6 is 0 Å². The van der Waals surface area contributed by atoms with E-state index in [2.05, 4.69) is 20.8 Å². The van der Waals surface area contributed by atoms with Crippen molar-refractivity contribution in [2.24, 2.45) is 5.92 Å². The van der Waals surface area contributed by atoms with Gasteiger partial charge in [0.15, 0.2) is 0 Å². The van der Waals surface area contributed by atoms with Crippen molar-refractivity contribution in [3.8, 4) is 0 Å². The minimum absolute atomic E-state index is 0.250. The minimum Gasteiger partial charge on any atom is -0.207 e. The summed E-state index contributed by atoms with van der Waals surface area (Å²) >= 11 is 0. The van der Waals surface area contributed by atoms with Crippen LogP contribution in [0.2, 0.25) is 0 Å². The molecule has 15 heavy (non-hydrogen) atoms. The summed E-state index contributed by atoms with van der Waals surface area (Å²) in [4.78, 5) is 0. The van der Waals surface area contributed by atoms with Crippen molar-refractivity contribution in [3.63, 3.8) is 0 Å². The fourth-order valence-electron chi connectivity index (χ4n) is 2.04. The molecular formula is C13H18F2. The van der Waals surface area contributed by atoms with E-state index < -0.39 is 11.6 Å². The topological polar surface area (TPSA) is 0 Å². The van der Waals surface area contributed by atoms with Crippen LogP contribution in [0.25, 0.3) is 0 Å². The van der Waals surface area contributed by atoms with Gasteiger partial charge < -0.3 is 0 Å². The number of benzene rings is 1. The lowest BCUT2D eigenvalue weighted by Gasteiger charge is -2.22. The first-order valence-electron chi connectivity index (χ1n) is 5.54. The largest absolute Gasteiger partial charge is 0.207 e. The molecule has 0 heterocycles. The lowest BCUT2D eigenvalue weighted by molar-refractivity contribution is 0.430. The van der Waals surface area contributed by atoms with Gasteiger partial charge in [0, 0.05) is 6.07 Å². The molecule has 0 aliphatic heterocycles. The van der Waals surface area contributed by atoms with Crippen LogP contribution in [0, 0.1) is 17.6 Å². The number of halogens is 2. The Bertz CT molecular complexity index is 300. The summed E-state index contributed by atoms with van der Waals surface area (Å²) in [6, 6.07) is 3.82. The van der Waals surface area contributed by atoms with Crippen LogP contribution in [0.1, 0.15) is 45.1 Å². The Hall–Kier alpha value is -0.920. The van der Waals surface area contributed by atoms with Crippen molar-refractivity contribution in [2.75, 3.05) is 0 Å². The fourth-order valence-corrected chi connectivity index (χ4v) is 2.04. The summed E-state index contributed by atoms with van der Waals surface area (Å²) in [6.07, 6.45) is 1.94. The van der Waals surface area contributed by atoms with Gasteiger partial charge >= 0.3 is 0 Å². The summed E-state index contributed by atoms with van der Waals surface area (Å²) in [7, 11) is 0. The van der Waals surface area contributed by atoms with Crippen LogP contribution < -0.4 is 0 Å². The normalized spacial score (nSPS) is 15.0. The molecule has 0 aliphatic rings. The highest BCUT2D eigenvalue weighted by molar-refractivity contribution is 5.22. The van der Waals surface area contributed by atoms with Gasteiger partial charge in [-0.3, -0.25) is 0 Å². The summed E-state index contributed by atoms with van der Waals surface area (Å²) in [5, 5.41) is 0. The Kier molecular flexibility index (Phi) is 4.25. The fraction of sp³-hybridized carbons (Fsp3) is 0.538. The SMILES string of the molecule is CCC(C)C(CC)c1cc(F)cc(F)c1. The van der Waals surface area contributed by atoms with Crippen LogP contribution in [-0.2, 0) is 0 Å². The van der Waals surface area contributed by atoms with Gasteiger partial charge in [0.25, 0.3) is 0 Å². The van der Waals surface area contributed by atoms with Gasteiger partial charge in [0.05, 0.1) is 0 Å². The van der Waals surface area contributed by atoms with Gasteiger partial charge in [-0.05, 0) is 36.0 Å². The molecule has 1 aromatic rings. The summed E-state index contributed by atoms with van der Waals surface area (Å²) in [5.41, 5.74) is 0.782. The van der Waals surface area contributed by atoms with E-state index in [0.29, 0.717) is 5.92 Å². The summed E-state index contributed by atoms with van der Waals surface area (Å²) in [6.45, 7) is 6.28. The second-order valence-electron chi connectivity index (χ2n) is 4.10. The summed E-state index contributed by atoms with van der Waals surface area (Å²) < 4.78 is 26.1. The smallest absolute Gasteiger partial charge is 0.126 e. The van der Waals surface area contributed by atoms with Crippen molar-refractivity contribution in [1.29, 1.82) is 0 Å². The van der Waals surface area contributed by atoms with Crippen LogP contribution in [0.3, 0.4) is 0 Å². The predicted octanol–water partition coefficient (Wildman–Crippen LogP) is 4.50. The standard InChI is InChI=1S/C13H18F2/c1-4-9(3)13(5-2)10-6-11(14)8-12(15)7-10/h6-9,13H,4-5H2,1-3H3. The first-order chi connectivity index (χ1) is 7.08. The maximum Gasteiger partial charge on any atom is 0.126 e. The molecule has 0 aliphatic carbocycles. The zero-order valence-corrected chi connectivity index (χ0v) is 9.56. The van der Waals surface area contributed by atoms with E-state index >= 15 is 0 Å². The third kappa shape index (κ3) is 3.01. The lowest BCUT2D eigenvalue weighted by Crippen LogP contribution is -2.08. The monoisotopic (exact) mass is 212 g/mol. The van der Waals surface area contributed by atoms with Crippen LogP contribution in [0.15, 0.2) is 18.2 Å². The van der Waals surface area contributed by atoms with E-state index in [1.54, 1.807) is 0 Å². The maximum atomic E-state index is 13.1. The molecule has 0 amide bonds. The Labute approximate surface area is 90.3 Å². The van der Waals surface area contributed by atoms with E-state index in [1.807, 2.05) is 0 Å². The van der Waals surface area contributed by atoms with E-state index in [4.69, 9.17) is 0 Å². The van der Waals surface area contributed by atoms with Crippen molar-refractivity contribution in [3.05, 3.63) is 35.4 Å². The van der Waals surface area contributed by atoms with E-state index in [9.17, 15) is 8.78 Å². The quantitative estimate of drug-likeness (QED) is 0.689. The molecule has 84 valence electrons. The maximum absolute atomic E-state index is 13.1. The predicted molar refractivity (Wildman–Crippen MR) is 58.8 cm³/mol. The molecule has 0 spiro atoms. The minimum atomic E-state index is -0.480. The zero-order valence-electron chi connectivity index (χ0n) is 9.56. The molecule has 0 nitrogen and oxygen atoms in total. The second kappa shape index (κ2) is 5.24. The van der Waals surface area contributed by atoms with E-state index in [1.165, 1.54) is 12.1 Å². The third-order valence-corrected chi connectivity index (χ3v) is 3.08. The van der Waals surface area contributed by atoms with Crippen LogP contribution in [0.5, 0.6) is 0 Å². The molecule has 0 fully saturated rings. The molecule has 2 unspecified atom stereocenters. The molecule has 1 aromatic carbocycles. The van der Waals surface area contributed by atoms with Gasteiger partial charge in [-0.1, -0.05) is 27.2 Å². The van der Waals surface area contributed by atoms with Crippen molar-refractivity contribution in [2.45, 2.75) is 39.5 Å². The zero-order chi connectivity index (χ0) is 11.4. The van der Waals surface area contributed by atoms with Gasteiger partial charge in [-0.2, -0.15) is 0 Å². The van der Waals surface area contributed by atoms with Crippen molar-refractivity contribution in [1.82, 2.24) is 0 Å². The highest BCUT2D eigenvalue weighted by Gasteiger charge is 2.17. The molecule has 1 rings (SSSR count). The van der Waals surface area contributed by atoms with Crippen molar-refractivity contribution >= 4 is 0 Å². The highest BCUT2D eigenvalue weighted by atomic mass is 19.1. The lowest BCUT2D eigenvalue weighted by atomic mass is 9.84. The molecule has 0 N–H and O–H groups in total. The van der Waals surface area contributed by atoms with Crippen LogP contribution in [-0.4, -0.2) is 0 Å². The molecule has 0 saturated carbocycles.